The molecule has 0 aromatic heterocycles. The lowest BCUT2D eigenvalue weighted by Gasteiger charge is -2.43. The van der Waals surface area contributed by atoms with Gasteiger partial charge in [0.05, 0.1) is 19.3 Å². The zero-order valence-electron chi connectivity index (χ0n) is 21.6. The van der Waals surface area contributed by atoms with E-state index in [1.165, 1.54) is 5.57 Å². The Bertz CT molecular complexity index is 947. The van der Waals surface area contributed by atoms with Crippen LogP contribution in [0.4, 0.5) is 0 Å². The molecule has 36 heavy (non-hydrogen) atoms. The summed E-state index contributed by atoms with van der Waals surface area (Å²) in [6, 6.07) is 0. The SMILES string of the molecule is CC1=CC[C@]2(O)/C(=C/C=C/CC/C(C)=C/CC3CC(OC=O)CC4(C=CC(C)CO4)O3)CO[C@@H]2C1O. The van der Waals surface area contributed by atoms with Crippen molar-refractivity contribution in [1.29, 1.82) is 0 Å². The molecule has 1 aliphatic carbocycles. The van der Waals surface area contributed by atoms with Crippen molar-refractivity contribution in [3.63, 3.8) is 0 Å². The molecule has 3 aliphatic heterocycles. The summed E-state index contributed by atoms with van der Waals surface area (Å²) in [5, 5.41) is 21.4. The number of hydrogen-bond donors (Lipinski definition) is 2. The second kappa shape index (κ2) is 11.6. The van der Waals surface area contributed by atoms with Crippen molar-refractivity contribution < 1.29 is 34.0 Å². The number of allylic oxidation sites excluding steroid dienone is 4. The minimum atomic E-state index is -1.13. The molecule has 0 saturated carbocycles. The van der Waals surface area contributed by atoms with Crippen LogP contribution in [0.15, 0.2) is 59.3 Å². The molecule has 7 heteroatoms. The van der Waals surface area contributed by atoms with E-state index in [0.29, 0.717) is 44.9 Å². The van der Waals surface area contributed by atoms with E-state index >= 15 is 0 Å². The van der Waals surface area contributed by atoms with Gasteiger partial charge in [0.1, 0.15) is 23.9 Å². The van der Waals surface area contributed by atoms with Crippen LogP contribution in [0.1, 0.15) is 59.3 Å². The molecule has 5 unspecified atom stereocenters. The van der Waals surface area contributed by atoms with Gasteiger partial charge in [0.2, 0.25) is 0 Å². The Labute approximate surface area is 214 Å². The van der Waals surface area contributed by atoms with Crippen LogP contribution in [-0.4, -0.2) is 65.7 Å². The topological polar surface area (TPSA) is 94.5 Å². The van der Waals surface area contributed by atoms with E-state index in [2.05, 4.69) is 32.1 Å². The van der Waals surface area contributed by atoms with Crippen molar-refractivity contribution in [2.45, 2.75) is 95.1 Å². The van der Waals surface area contributed by atoms with Crippen LogP contribution in [0, 0.1) is 5.92 Å². The molecular formula is C29H40O7. The van der Waals surface area contributed by atoms with Crippen molar-refractivity contribution in [2.75, 3.05) is 13.2 Å². The first kappa shape index (κ1) is 27.0. The van der Waals surface area contributed by atoms with E-state index < -0.39 is 23.6 Å². The first-order chi connectivity index (χ1) is 17.2. The lowest BCUT2D eigenvalue weighted by molar-refractivity contribution is -0.274. The maximum atomic E-state index is 11.1. The van der Waals surface area contributed by atoms with E-state index in [4.69, 9.17) is 18.9 Å². The smallest absolute Gasteiger partial charge is 0.293 e. The molecular weight excluding hydrogens is 460 g/mol. The fourth-order valence-corrected chi connectivity index (χ4v) is 5.41. The highest BCUT2D eigenvalue weighted by Gasteiger charge is 2.51. The van der Waals surface area contributed by atoms with E-state index in [9.17, 15) is 15.0 Å². The van der Waals surface area contributed by atoms with Crippen LogP contribution in [0.5, 0.6) is 0 Å². The Morgan fingerprint density at radius 3 is 2.94 bits per heavy atom. The van der Waals surface area contributed by atoms with Crippen molar-refractivity contribution in [1.82, 2.24) is 0 Å². The zero-order chi connectivity index (χ0) is 25.8. The molecule has 2 N–H and O–H groups in total. The van der Waals surface area contributed by atoms with Gasteiger partial charge in [0.25, 0.3) is 6.47 Å². The van der Waals surface area contributed by atoms with Crippen molar-refractivity contribution in [3.8, 4) is 0 Å². The first-order valence-corrected chi connectivity index (χ1v) is 13.1. The highest BCUT2D eigenvalue weighted by molar-refractivity contribution is 5.37. The highest BCUT2D eigenvalue weighted by Crippen LogP contribution is 2.41. The normalized spacial score (nSPS) is 40.0. The third-order valence-corrected chi connectivity index (χ3v) is 7.72. The number of hydrogen-bond acceptors (Lipinski definition) is 7. The van der Waals surface area contributed by atoms with Crippen LogP contribution in [0.25, 0.3) is 0 Å². The molecule has 198 valence electrons. The predicted octanol–water partition coefficient (Wildman–Crippen LogP) is 4.07. The number of fused-ring (bicyclic) bond motifs is 1. The van der Waals surface area contributed by atoms with Crippen molar-refractivity contribution >= 4 is 6.47 Å². The Hall–Kier alpha value is -2.03. The van der Waals surface area contributed by atoms with Gasteiger partial charge in [0, 0.05) is 19.3 Å². The number of aliphatic hydroxyl groups is 2. The van der Waals surface area contributed by atoms with Gasteiger partial charge in [-0.25, -0.2) is 0 Å². The van der Waals surface area contributed by atoms with E-state index in [0.717, 1.165) is 30.4 Å². The minimum Gasteiger partial charge on any atom is -0.464 e. The Morgan fingerprint density at radius 1 is 1.36 bits per heavy atom. The van der Waals surface area contributed by atoms with Gasteiger partial charge in [-0.05, 0) is 56.3 Å². The predicted molar refractivity (Wildman–Crippen MR) is 136 cm³/mol. The van der Waals surface area contributed by atoms with Gasteiger partial charge in [-0.2, -0.15) is 0 Å². The third kappa shape index (κ3) is 6.09. The van der Waals surface area contributed by atoms with Crippen LogP contribution in [0.2, 0.25) is 0 Å². The molecule has 7 atom stereocenters. The number of rotatable bonds is 8. The average Bonchev–Trinajstić information content (AvgIpc) is 3.19. The highest BCUT2D eigenvalue weighted by atomic mass is 16.7. The molecule has 4 aliphatic rings. The fraction of sp³-hybridized carbons (Fsp3) is 0.621. The molecule has 0 amide bonds. The quantitative estimate of drug-likeness (QED) is 0.383. The standard InChI is InChI=1S/C29H40O7/c1-20(7-5-4-6-8-23-18-33-27-26(31)22(3)12-14-29(23,27)32)9-10-24-15-25(34-19-30)16-28(36-24)13-11-21(2)17-35-28/h4,6,8-9,11-13,19,21,24-27,31-32H,5,7,10,14-18H2,1-3H3/b6-4+,20-9+,23-8+/t21?,24?,25?,26?,27-,28?,29+/m1/s1. The van der Waals surface area contributed by atoms with Gasteiger partial charge in [-0.3, -0.25) is 4.79 Å². The molecule has 1 spiro atoms. The summed E-state index contributed by atoms with van der Waals surface area (Å²) in [6.07, 6.45) is 16.6. The van der Waals surface area contributed by atoms with E-state index in [-0.39, 0.29) is 12.2 Å². The molecule has 0 aromatic rings. The summed E-state index contributed by atoms with van der Waals surface area (Å²) in [7, 11) is 0. The Morgan fingerprint density at radius 2 is 2.19 bits per heavy atom. The minimum absolute atomic E-state index is 0.0865. The molecule has 2 saturated heterocycles. The summed E-state index contributed by atoms with van der Waals surface area (Å²) in [5.41, 5.74) is 1.79. The molecule has 0 aromatic carbocycles. The second-order valence-corrected chi connectivity index (χ2v) is 10.7. The van der Waals surface area contributed by atoms with Gasteiger partial charge in [0.15, 0.2) is 5.79 Å². The summed E-state index contributed by atoms with van der Waals surface area (Å²) in [5.74, 6) is -0.464. The number of carbonyl (C=O) groups excluding carboxylic acids is 1. The summed E-state index contributed by atoms with van der Waals surface area (Å²) in [6.45, 7) is 7.51. The maximum absolute atomic E-state index is 11.1. The van der Waals surface area contributed by atoms with Gasteiger partial charge in [-0.1, -0.05) is 49.0 Å². The molecule has 4 rings (SSSR count). The molecule has 2 fully saturated rings. The maximum Gasteiger partial charge on any atom is 0.293 e. The Kier molecular flexibility index (Phi) is 8.68. The van der Waals surface area contributed by atoms with Crippen molar-refractivity contribution in [2.24, 2.45) is 5.92 Å². The largest absolute Gasteiger partial charge is 0.464 e. The van der Waals surface area contributed by atoms with Crippen LogP contribution >= 0.6 is 0 Å². The first-order valence-electron chi connectivity index (χ1n) is 13.1. The summed E-state index contributed by atoms with van der Waals surface area (Å²) >= 11 is 0. The molecule has 7 nitrogen and oxygen atoms in total. The monoisotopic (exact) mass is 500 g/mol. The number of ether oxygens (including phenoxy) is 4. The Balaban J connectivity index is 1.28. The van der Waals surface area contributed by atoms with Gasteiger partial charge >= 0.3 is 0 Å². The average molecular weight is 501 g/mol. The lowest BCUT2D eigenvalue weighted by Crippen LogP contribution is -2.49. The molecule has 0 bridgehead atoms. The number of aliphatic hydroxyl groups excluding tert-OH is 1. The zero-order valence-corrected chi connectivity index (χ0v) is 21.6. The van der Waals surface area contributed by atoms with E-state index in [1.807, 2.05) is 31.2 Å². The second-order valence-electron chi connectivity index (χ2n) is 10.7. The van der Waals surface area contributed by atoms with Crippen LogP contribution in [-0.2, 0) is 23.7 Å². The van der Waals surface area contributed by atoms with Crippen molar-refractivity contribution in [3.05, 3.63) is 59.3 Å². The summed E-state index contributed by atoms with van der Waals surface area (Å²) in [4.78, 5) is 11.0. The van der Waals surface area contributed by atoms with Gasteiger partial charge in [-0.15, -0.1) is 0 Å². The lowest BCUT2D eigenvalue weighted by atomic mass is 9.78. The van der Waals surface area contributed by atoms with Crippen LogP contribution < -0.4 is 0 Å². The third-order valence-electron chi connectivity index (χ3n) is 7.72. The summed E-state index contributed by atoms with van der Waals surface area (Å²) < 4.78 is 23.4. The number of carbonyl (C=O) groups is 1. The van der Waals surface area contributed by atoms with E-state index in [1.54, 1.807) is 0 Å². The molecule has 0 radical (unpaired) electrons. The fourth-order valence-electron chi connectivity index (χ4n) is 5.41. The van der Waals surface area contributed by atoms with Crippen LogP contribution in [0.3, 0.4) is 0 Å². The van der Waals surface area contributed by atoms with Gasteiger partial charge < -0.3 is 29.2 Å². The molecule has 3 heterocycles.